The number of aromatic nitrogens is 1. The molecule has 2 aliphatic rings. The molecule has 1 aromatic rings. The highest BCUT2D eigenvalue weighted by molar-refractivity contribution is 14.0. The first kappa shape index (κ1) is 26.8. The van der Waals surface area contributed by atoms with Crippen LogP contribution in [0.5, 0.6) is 0 Å². The van der Waals surface area contributed by atoms with Crippen LogP contribution in [0.25, 0.3) is 0 Å². The van der Waals surface area contributed by atoms with Gasteiger partial charge in [-0.25, -0.2) is 0 Å². The molecule has 3 atom stereocenters. The number of amides is 1. The highest BCUT2D eigenvalue weighted by Gasteiger charge is 2.28. The summed E-state index contributed by atoms with van der Waals surface area (Å²) in [5.41, 5.74) is 0.819. The molecule has 0 saturated carbocycles. The van der Waals surface area contributed by atoms with E-state index >= 15 is 0 Å². The molecule has 0 bridgehead atoms. The molecule has 0 radical (unpaired) electrons. The smallest absolute Gasteiger partial charge is 0.236 e. The fourth-order valence-corrected chi connectivity index (χ4v) is 4.57. The second kappa shape index (κ2) is 13.3. The first-order valence-corrected chi connectivity index (χ1v) is 11.6. The van der Waals surface area contributed by atoms with Crippen LogP contribution in [0.4, 0.5) is 0 Å². The topological polar surface area (TPSA) is 84.3 Å². The van der Waals surface area contributed by atoms with Gasteiger partial charge in [-0.3, -0.25) is 19.7 Å². The zero-order chi connectivity index (χ0) is 22.2. The van der Waals surface area contributed by atoms with Gasteiger partial charge in [-0.1, -0.05) is 13.8 Å². The molecule has 8 nitrogen and oxygen atoms in total. The molecule has 3 unspecified atom stereocenters. The summed E-state index contributed by atoms with van der Waals surface area (Å²) >= 11 is 0. The summed E-state index contributed by atoms with van der Waals surface area (Å²) < 4.78 is 0. The third-order valence-corrected chi connectivity index (χ3v) is 6.09. The maximum absolute atomic E-state index is 12.8. The van der Waals surface area contributed by atoms with Crippen molar-refractivity contribution in [2.75, 3.05) is 58.9 Å². The molecule has 3 rings (SSSR count). The molecule has 1 amide bonds. The largest absolute Gasteiger partial charge is 0.386 e. The summed E-state index contributed by atoms with van der Waals surface area (Å²) in [5, 5.41) is 13.7. The van der Waals surface area contributed by atoms with E-state index in [1.165, 1.54) is 6.42 Å². The number of aliphatic imine (C=N–C) groups is 1. The minimum absolute atomic E-state index is 0. The molecule has 2 N–H and O–H groups in total. The number of halogens is 1. The summed E-state index contributed by atoms with van der Waals surface area (Å²) in [5.74, 6) is 2.25. The number of carbonyl (C=O) groups is 1. The monoisotopic (exact) mass is 558 g/mol. The summed E-state index contributed by atoms with van der Waals surface area (Å²) in [4.78, 5) is 28.0. The molecular formula is C23H39IN6O2. The van der Waals surface area contributed by atoms with Crippen LogP contribution in [0.2, 0.25) is 0 Å². The minimum atomic E-state index is -0.648. The summed E-state index contributed by atoms with van der Waals surface area (Å²) in [6.07, 6.45) is 3.92. The normalized spacial score (nSPS) is 23.4. The Morgan fingerprint density at radius 2 is 1.78 bits per heavy atom. The van der Waals surface area contributed by atoms with Crippen LogP contribution in [0.15, 0.2) is 29.5 Å². The first-order valence-electron chi connectivity index (χ1n) is 11.6. The lowest BCUT2D eigenvalue weighted by Crippen LogP contribution is -2.55. The van der Waals surface area contributed by atoms with Gasteiger partial charge >= 0.3 is 0 Å². The van der Waals surface area contributed by atoms with Gasteiger partial charge in [-0.2, -0.15) is 0 Å². The van der Waals surface area contributed by atoms with Crippen molar-refractivity contribution in [1.29, 1.82) is 0 Å². The van der Waals surface area contributed by atoms with Crippen LogP contribution >= 0.6 is 24.0 Å². The highest BCUT2D eigenvalue weighted by atomic mass is 127. The van der Waals surface area contributed by atoms with E-state index in [2.05, 4.69) is 43.8 Å². The zero-order valence-electron chi connectivity index (χ0n) is 19.6. The zero-order valence-corrected chi connectivity index (χ0v) is 21.9. The third-order valence-electron chi connectivity index (χ3n) is 6.09. The lowest BCUT2D eigenvalue weighted by atomic mass is 9.92. The van der Waals surface area contributed by atoms with Gasteiger partial charge in [-0.15, -0.1) is 24.0 Å². The van der Waals surface area contributed by atoms with Crippen molar-refractivity contribution in [3.63, 3.8) is 0 Å². The van der Waals surface area contributed by atoms with E-state index in [1.54, 1.807) is 12.4 Å². The van der Waals surface area contributed by atoms with Crippen LogP contribution < -0.4 is 5.32 Å². The van der Waals surface area contributed by atoms with Gasteiger partial charge in [0, 0.05) is 58.2 Å². The third kappa shape index (κ3) is 7.84. The van der Waals surface area contributed by atoms with Crippen molar-refractivity contribution < 1.29 is 9.90 Å². The van der Waals surface area contributed by atoms with Gasteiger partial charge in [0.05, 0.1) is 19.2 Å². The van der Waals surface area contributed by atoms with Crippen molar-refractivity contribution in [1.82, 2.24) is 25.0 Å². The Bertz CT molecular complexity index is 716. The van der Waals surface area contributed by atoms with Gasteiger partial charge < -0.3 is 20.2 Å². The van der Waals surface area contributed by atoms with Crippen molar-refractivity contribution in [2.45, 2.75) is 33.3 Å². The lowest BCUT2D eigenvalue weighted by Gasteiger charge is -2.39. The first-order chi connectivity index (χ1) is 15.0. The molecule has 9 heteroatoms. The summed E-state index contributed by atoms with van der Waals surface area (Å²) in [6, 6.07) is 3.62. The van der Waals surface area contributed by atoms with Gasteiger partial charge in [-0.05, 0) is 42.9 Å². The minimum Gasteiger partial charge on any atom is -0.386 e. The number of rotatable bonds is 6. The molecular weight excluding hydrogens is 519 g/mol. The van der Waals surface area contributed by atoms with E-state index < -0.39 is 6.10 Å². The number of hydrogen-bond acceptors (Lipinski definition) is 5. The van der Waals surface area contributed by atoms with Crippen LogP contribution in [-0.4, -0.2) is 95.6 Å². The number of carbonyl (C=O) groups excluding carboxylic acids is 1. The fraction of sp³-hybridized carbons (Fsp3) is 0.696. The molecule has 1 aromatic heterocycles. The van der Waals surface area contributed by atoms with Crippen molar-refractivity contribution in [2.24, 2.45) is 16.8 Å². The summed E-state index contributed by atoms with van der Waals surface area (Å²) in [6.45, 7) is 13.2. The van der Waals surface area contributed by atoms with Crippen LogP contribution in [-0.2, 0) is 4.79 Å². The Morgan fingerprint density at radius 3 is 2.38 bits per heavy atom. The van der Waals surface area contributed by atoms with E-state index in [4.69, 9.17) is 0 Å². The maximum atomic E-state index is 12.8. The van der Waals surface area contributed by atoms with Gasteiger partial charge in [0.2, 0.25) is 5.91 Å². The Kier molecular flexibility index (Phi) is 11.1. The predicted molar refractivity (Wildman–Crippen MR) is 138 cm³/mol. The van der Waals surface area contributed by atoms with Gasteiger partial charge in [0.15, 0.2) is 5.96 Å². The van der Waals surface area contributed by atoms with Crippen LogP contribution in [0.1, 0.15) is 38.9 Å². The van der Waals surface area contributed by atoms with Crippen molar-refractivity contribution in [3.8, 4) is 0 Å². The molecule has 2 saturated heterocycles. The Balaban J connectivity index is 0.00000363. The molecule has 3 heterocycles. The number of guanidine groups is 1. The van der Waals surface area contributed by atoms with Crippen LogP contribution in [0.3, 0.4) is 0 Å². The van der Waals surface area contributed by atoms with Gasteiger partial charge in [0.1, 0.15) is 0 Å². The number of hydrogen-bond donors (Lipinski definition) is 2. The van der Waals surface area contributed by atoms with Crippen molar-refractivity contribution >= 4 is 35.8 Å². The second-order valence-electron chi connectivity index (χ2n) is 9.00. The number of piperazine rings is 1. The number of nitrogens with zero attached hydrogens (tertiary/aromatic N) is 5. The number of piperidine rings is 1. The average Bonchev–Trinajstić information content (AvgIpc) is 2.77. The average molecular weight is 559 g/mol. The van der Waals surface area contributed by atoms with E-state index in [9.17, 15) is 9.90 Å². The van der Waals surface area contributed by atoms with E-state index in [0.717, 1.165) is 57.3 Å². The number of aliphatic hydroxyl groups excluding tert-OH is 1. The molecule has 0 spiro atoms. The second-order valence-corrected chi connectivity index (χ2v) is 9.00. The Morgan fingerprint density at radius 1 is 1.16 bits per heavy atom. The number of nitrogens with one attached hydrogen (secondary N) is 1. The Labute approximate surface area is 209 Å². The highest BCUT2D eigenvalue weighted by Crippen LogP contribution is 2.21. The standard InChI is InChI=1S/C23H38N6O2.HI/c1-4-25-23(26-14-21(30)20-5-7-24-8-6-20)28-11-9-27(10-12-28)17-22(31)29-15-18(2)13-19(3)16-29;/h5-8,18-19,21,30H,4,9-17H2,1-3H3,(H,25,26);1H. The molecule has 180 valence electrons. The number of pyridine rings is 1. The van der Waals surface area contributed by atoms with Gasteiger partial charge in [0.25, 0.3) is 0 Å². The molecule has 2 aliphatic heterocycles. The van der Waals surface area contributed by atoms with Crippen LogP contribution in [0, 0.1) is 11.8 Å². The number of aliphatic hydroxyl groups is 1. The molecule has 0 aliphatic carbocycles. The maximum Gasteiger partial charge on any atom is 0.236 e. The van der Waals surface area contributed by atoms with Crippen molar-refractivity contribution in [3.05, 3.63) is 30.1 Å². The van der Waals surface area contributed by atoms with E-state index in [1.807, 2.05) is 19.1 Å². The SMILES string of the molecule is CCNC(=NCC(O)c1ccncc1)N1CCN(CC(=O)N2CC(C)CC(C)C2)CC1.I. The predicted octanol–water partition coefficient (Wildman–Crippen LogP) is 1.82. The number of likely N-dealkylation sites (tertiary alicyclic amines) is 1. The van der Waals surface area contributed by atoms with E-state index in [0.29, 0.717) is 24.9 Å². The quantitative estimate of drug-likeness (QED) is 0.315. The summed E-state index contributed by atoms with van der Waals surface area (Å²) in [7, 11) is 0. The molecule has 2 fully saturated rings. The fourth-order valence-electron chi connectivity index (χ4n) is 4.57. The molecule has 32 heavy (non-hydrogen) atoms. The molecule has 0 aromatic carbocycles. The lowest BCUT2D eigenvalue weighted by molar-refractivity contribution is -0.135. The Hall–Kier alpha value is -1.46. The van der Waals surface area contributed by atoms with E-state index in [-0.39, 0.29) is 29.9 Å².